The topological polar surface area (TPSA) is 63.6 Å². The van der Waals surface area contributed by atoms with Crippen molar-refractivity contribution in [2.45, 2.75) is 77.4 Å². The van der Waals surface area contributed by atoms with Crippen molar-refractivity contribution in [1.82, 2.24) is 0 Å². The third-order valence-corrected chi connectivity index (χ3v) is 5.51. The Morgan fingerprint density at radius 1 is 1.17 bits per heavy atom. The Morgan fingerprint density at radius 2 is 1.93 bits per heavy atom. The van der Waals surface area contributed by atoms with Gasteiger partial charge in [-0.2, -0.15) is 0 Å². The predicted octanol–water partition coefficient (Wildman–Crippen LogP) is 5.20. The average molecular weight is 413 g/mol. The summed E-state index contributed by atoms with van der Waals surface area (Å²) in [6.45, 7) is 3.70. The van der Waals surface area contributed by atoms with E-state index in [1.807, 2.05) is 38.1 Å². The van der Waals surface area contributed by atoms with Crippen molar-refractivity contribution >= 4 is 11.8 Å². The van der Waals surface area contributed by atoms with Crippen molar-refractivity contribution < 1.29 is 19.4 Å². The molecule has 0 fully saturated rings. The fourth-order valence-electron chi connectivity index (χ4n) is 3.83. The maximum absolute atomic E-state index is 12.2. The van der Waals surface area contributed by atoms with Gasteiger partial charge in [-0.25, -0.2) is 0 Å². The largest absolute Gasteiger partial charge is 0.463 e. The summed E-state index contributed by atoms with van der Waals surface area (Å²) < 4.78 is 5.12. The highest BCUT2D eigenvalue weighted by Gasteiger charge is 2.29. The quantitative estimate of drug-likeness (QED) is 0.275. The molecule has 0 aliphatic heterocycles. The first kappa shape index (κ1) is 24.1. The molecule has 0 spiro atoms. The van der Waals surface area contributed by atoms with Crippen LogP contribution in [0.25, 0.3) is 0 Å². The molecule has 1 aliphatic carbocycles. The Bertz CT molecular complexity index is 705. The third-order valence-electron chi connectivity index (χ3n) is 5.51. The lowest BCUT2D eigenvalue weighted by molar-refractivity contribution is -0.147. The molecular weight excluding hydrogens is 376 g/mol. The monoisotopic (exact) mass is 412 g/mol. The van der Waals surface area contributed by atoms with Gasteiger partial charge >= 0.3 is 5.97 Å². The Labute approximate surface area is 181 Å². The summed E-state index contributed by atoms with van der Waals surface area (Å²) in [5.74, 6) is 0.214. The van der Waals surface area contributed by atoms with Crippen LogP contribution in [0.5, 0.6) is 0 Å². The van der Waals surface area contributed by atoms with Crippen molar-refractivity contribution in [3.05, 3.63) is 60.2 Å². The number of aliphatic hydroxyl groups excluding tert-OH is 1. The van der Waals surface area contributed by atoms with Crippen LogP contribution in [0, 0.1) is 11.8 Å². The lowest BCUT2D eigenvalue weighted by Crippen LogP contribution is -2.17. The number of ketones is 1. The molecule has 0 amide bonds. The highest BCUT2D eigenvalue weighted by Crippen LogP contribution is 2.30. The van der Waals surface area contributed by atoms with Crippen molar-refractivity contribution in [2.75, 3.05) is 0 Å². The van der Waals surface area contributed by atoms with Crippen molar-refractivity contribution in [2.24, 2.45) is 11.8 Å². The molecule has 0 heterocycles. The van der Waals surface area contributed by atoms with Crippen molar-refractivity contribution in [3.8, 4) is 0 Å². The standard InChI is InChI=1S/C26H36O4/c1-20(2)30-26(29)13-9-4-3-8-12-24-22(16-19-25(24)28)15-18-23(27)17-14-21-10-6-5-7-11-21/h3,5-8,10-11,16,19-20,22-24,27H,4,9,12-15,17-18H2,1-2H3/b8-3-/t22-,23-,24+/m0/s1. The molecule has 4 heteroatoms. The number of aliphatic hydroxyl groups is 1. The van der Waals surface area contributed by atoms with Crippen LogP contribution in [0.4, 0.5) is 0 Å². The van der Waals surface area contributed by atoms with E-state index in [4.69, 9.17) is 4.74 Å². The Morgan fingerprint density at radius 3 is 2.67 bits per heavy atom. The maximum atomic E-state index is 12.2. The van der Waals surface area contributed by atoms with Gasteiger partial charge in [-0.05, 0) is 76.4 Å². The molecule has 164 valence electrons. The van der Waals surface area contributed by atoms with Crippen LogP contribution in [0.15, 0.2) is 54.6 Å². The van der Waals surface area contributed by atoms with Gasteiger partial charge in [0.15, 0.2) is 5.78 Å². The Kier molecular flexibility index (Phi) is 10.6. The van der Waals surface area contributed by atoms with Gasteiger partial charge in [-0.1, -0.05) is 48.6 Å². The van der Waals surface area contributed by atoms with Gasteiger partial charge in [0.25, 0.3) is 0 Å². The van der Waals surface area contributed by atoms with Gasteiger partial charge < -0.3 is 9.84 Å². The maximum Gasteiger partial charge on any atom is 0.306 e. The number of hydrogen-bond acceptors (Lipinski definition) is 4. The summed E-state index contributed by atoms with van der Waals surface area (Å²) in [6.07, 6.45) is 13.3. The van der Waals surface area contributed by atoms with Crippen LogP contribution < -0.4 is 0 Å². The average Bonchev–Trinajstić information content (AvgIpc) is 3.07. The molecule has 3 atom stereocenters. The van der Waals surface area contributed by atoms with E-state index in [9.17, 15) is 14.7 Å². The second-order valence-corrected chi connectivity index (χ2v) is 8.43. The summed E-state index contributed by atoms with van der Waals surface area (Å²) in [6, 6.07) is 10.2. The van der Waals surface area contributed by atoms with E-state index in [1.54, 1.807) is 6.08 Å². The van der Waals surface area contributed by atoms with E-state index >= 15 is 0 Å². The van der Waals surface area contributed by atoms with Crippen molar-refractivity contribution in [1.29, 1.82) is 0 Å². The molecule has 1 N–H and O–H groups in total. The van der Waals surface area contributed by atoms with Crippen LogP contribution in [0.1, 0.15) is 64.4 Å². The zero-order valence-corrected chi connectivity index (χ0v) is 18.3. The number of rotatable bonds is 13. The number of esters is 1. The molecule has 0 unspecified atom stereocenters. The molecule has 0 saturated carbocycles. The number of unbranched alkanes of at least 4 members (excludes halogenated alkanes) is 1. The SMILES string of the molecule is CC(C)OC(=O)CCC/C=C\C[C@H]1C(=O)C=C[C@@H]1CC[C@@H](O)CCc1ccccc1. The second kappa shape index (κ2) is 13.2. The zero-order chi connectivity index (χ0) is 21.8. The van der Waals surface area contributed by atoms with Crippen LogP contribution in [0.2, 0.25) is 0 Å². The minimum Gasteiger partial charge on any atom is -0.463 e. The summed E-state index contributed by atoms with van der Waals surface area (Å²) in [4.78, 5) is 23.7. The fraction of sp³-hybridized carbons (Fsp3) is 0.538. The number of allylic oxidation sites excluding steroid dienone is 4. The highest BCUT2D eigenvalue weighted by atomic mass is 16.5. The third kappa shape index (κ3) is 9.08. The number of benzene rings is 1. The zero-order valence-electron chi connectivity index (χ0n) is 18.3. The molecule has 0 bridgehead atoms. The van der Waals surface area contributed by atoms with Gasteiger partial charge in [0.1, 0.15) is 0 Å². The fourth-order valence-corrected chi connectivity index (χ4v) is 3.83. The molecule has 1 aromatic rings. The lowest BCUT2D eigenvalue weighted by atomic mass is 9.86. The van der Waals surface area contributed by atoms with E-state index in [1.165, 1.54) is 5.56 Å². The molecule has 30 heavy (non-hydrogen) atoms. The van der Waals surface area contributed by atoms with E-state index in [0.29, 0.717) is 19.3 Å². The number of ether oxygens (including phenoxy) is 1. The molecular formula is C26H36O4. The second-order valence-electron chi connectivity index (χ2n) is 8.43. The predicted molar refractivity (Wildman–Crippen MR) is 120 cm³/mol. The minimum atomic E-state index is -0.337. The molecule has 1 aliphatic rings. The molecule has 4 nitrogen and oxygen atoms in total. The summed E-state index contributed by atoms with van der Waals surface area (Å²) >= 11 is 0. The molecule has 2 rings (SSSR count). The van der Waals surface area contributed by atoms with Crippen molar-refractivity contribution in [3.63, 3.8) is 0 Å². The number of aryl methyl sites for hydroxylation is 1. The Hall–Kier alpha value is -2.20. The van der Waals surface area contributed by atoms with E-state index < -0.39 is 0 Å². The van der Waals surface area contributed by atoms with Gasteiger partial charge in [-0.3, -0.25) is 9.59 Å². The minimum absolute atomic E-state index is 0.0199. The highest BCUT2D eigenvalue weighted by molar-refractivity contribution is 5.94. The molecule has 0 aromatic heterocycles. The van der Waals surface area contributed by atoms with Crippen LogP contribution in [-0.4, -0.2) is 29.1 Å². The molecule has 1 aromatic carbocycles. The number of hydrogen-bond donors (Lipinski definition) is 1. The van der Waals surface area contributed by atoms with Gasteiger partial charge in [0.2, 0.25) is 0 Å². The first-order valence-corrected chi connectivity index (χ1v) is 11.2. The molecule has 0 saturated heterocycles. The molecule has 0 radical (unpaired) electrons. The van der Waals surface area contributed by atoms with Gasteiger partial charge in [0, 0.05) is 12.3 Å². The first-order valence-electron chi connectivity index (χ1n) is 11.2. The van der Waals surface area contributed by atoms with Gasteiger partial charge in [-0.15, -0.1) is 0 Å². The summed E-state index contributed by atoms with van der Waals surface area (Å²) in [5, 5.41) is 10.3. The number of carbonyl (C=O) groups is 2. The summed E-state index contributed by atoms with van der Waals surface area (Å²) in [7, 11) is 0. The smallest absolute Gasteiger partial charge is 0.306 e. The van der Waals surface area contributed by atoms with Crippen LogP contribution in [0.3, 0.4) is 0 Å². The van der Waals surface area contributed by atoms with Gasteiger partial charge in [0.05, 0.1) is 12.2 Å². The lowest BCUT2D eigenvalue weighted by Gasteiger charge is -2.18. The number of carbonyl (C=O) groups excluding carboxylic acids is 2. The van der Waals surface area contributed by atoms with E-state index in [0.717, 1.165) is 32.1 Å². The Balaban J connectivity index is 1.65. The normalized spacial score (nSPS) is 19.7. The van der Waals surface area contributed by atoms with Crippen LogP contribution in [-0.2, 0) is 20.7 Å². The van der Waals surface area contributed by atoms with E-state index in [-0.39, 0.29) is 35.8 Å². The summed E-state index contributed by atoms with van der Waals surface area (Å²) in [5.41, 5.74) is 1.24. The first-order chi connectivity index (χ1) is 14.5. The van der Waals surface area contributed by atoms with Crippen LogP contribution >= 0.6 is 0 Å². The van der Waals surface area contributed by atoms with E-state index in [2.05, 4.69) is 24.3 Å².